The Balaban J connectivity index is 1.26. The maximum Gasteiger partial charge on any atom is 0.151 e. The van der Waals surface area contributed by atoms with Crippen LogP contribution in [0.5, 0.6) is 0 Å². The number of aromatic nitrogens is 3. The zero-order chi connectivity index (χ0) is 19.6. The van der Waals surface area contributed by atoms with E-state index >= 15 is 0 Å². The topological polar surface area (TPSA) is 45.2 Å². The third kappa shape index (κ3) is 3.63. The quantitative estimate of drug-likeness (QED) is 0.529. The molecule has 2 aromatic heterocycles. The summed E-state index contributed by atoms with van der Waals surface area (Å²) < 4.78 is 0. The van der Waals surface area contributed by atoms with Gasteiger partial charge in [-0.3, -0.25) is 0 Å². The molecule has 1 aliphatic heterocycles. The largest absolute Gasteiger partial charge is 0.353 e. The normalized spacial score (nSPS) is 14.4. The van der Waals surface area contributed by atoms with E-state index in [0.29, 0.717) is 0 Å². The number of hydrogen-bond donors (Lipinski definition) is 0. The van der Waals surface area contributed by atoms with Crippen LogP contribution in [0.3, 0.4) is 0 Å². The molecular weight excluding hydrogens is 358 g/mol. The van der Waals surface area contributed by atoms with E-state index < -0.39 is 0 Å². The summed E-state index contributed by atoms with van der Waals surface area (Å²) in [4.78, 5) is 9.47. The van der Waals surface area contributed by atoms with E-state index in [1.54, 1.807) is 0 Å². The molecule has 29 heavy (non-hydrogen) atoms. The van der Waals surface area contributed by atoms with Crippen molar-refractivity contribution in [3.63, 3.8) is 0 Å². The molecule has 1 fully saturated rings. The summed E-state index contributed by atoms with van der Waals surface area (Å²) in [6, 6.07) is 25.1. The van der Waals surface area contributed by atoms with Gasteiger partial charge in [-0.25, -0.2) is 4.98 Å². The van der Waals surface area contributed by atoms with Gasteiger partial charge >= 0.3 is 0 Å². The van der Waals surface area contributed by atoms with Crippen molar-refractivity contribution < 1.29 is 0 Å². The van der Waals surface area contributed by atoms with Gasteiger partial charge in [0.15, 0.2) is 5.82 Å². The lowest BCUT2D eigenvalue weighted by atomic mass is 10.1. The van der Waals surface area contributed by atoms with Crippen molar-refractivity contribution in [1.29, 1.82) is 0 Å². The lowest BCUT2D eigenvalue weighted by Crippen LogP contribution is -2.47. The zero-order valence-corrected chi connectivity index (χ0v) is 16.5. The third-order valence-corrected chi connectivity index (χ3v) is 5.51. The van der Waals surface area contributed by atoms with Crippen LogP contribution in [0.2, 0.25) is 0 Å². The number of hydrogen-bond acceptors (Lipinski definition) is 5. The minimum atomic E-state index is 0.910. The molecule has 3 heterocycles. The number of anilines is 2. The van der Waals surface area contributed by atoms with Crippen LogP contribution in [0, 0.1) is 6.92 Å². The van der Waals surface area contributed by atoms with Gasteiger partial charge in [0.2, 0.25) is 0 Å². The van der Waals surface area contributed by atoms with Crippen LogP contribution in [0.15, 0.2) is 72.8 Å². The van der Waals surface area contributed by atoms with Gasteiger partial charge in [0.25, 0.3) is 0 Å². The number of fused-ring (bicyclic) bond motifs is 1. The van der Waals surface area contributed by atoms with Crippen LogP contribution >= 0.6 is 0 Å². The van der Waals surface area contributed by atoms with E-state index in [-0.39, 0.29) is 0 Å². The van der Waals surface area contributed by atoms with Gasteiger partial charge in [-0.2, -0.15) is 0 Å². The first-order chi connectivity index (χ1) is 14.3. The van der Waals surface area contributed by atoms with Gasteiger partial charge in [-0.1, -0.05) is 48.0 Å². The minimum absolute atomic E-state index is 0.910. The molecule has 0 radical (unpaired) electrons. The van der Waals surface area contributed by atoms with Gasteiger partial charge in [0.1, 0.15) is 5.82 Å². The molecule has 0 N–H and O–H groups in total. The monoisotopic (exact) mass is 381 g/mol. The highest BCUT2D eigenvalue weighted by atomic mass is 15.3. The van der Waals surface area contributed by atoms with Crippen LogP contribution < -0.4 is 9.80 Å². The highest BCUT2D eigenvalue weighted by molar-refractivity contribution is 5.80. The molecular formula is C24H23N5. The number of para-hydroxylation sites is 1. The Morgan fingerprint density at radius 3 is 2.07 bits per heavy atom. The van der Waals surface area contributed by atoms with Crippen LogP contribution in [-0.2, 0) is 0 Å². The SMILES string of the molecule is Cc1ccc(-c2ccc(N3CCN(c4ccc5ccccc5n4)CC3)nn2)cc1. The van der Waals surface area contributed by atoms with Gasteiger partial charge < -0.3 is 9.80 Å². The third-order valence-electron chi connectivity index (χ3n) is 5.51. The van der Waals surface area contributed by atoms with Crippen LogP contribution in [0.1, 0.15) is 5.56 Å². The fourth-order valence-electron chi connectivity index (χ4n) is 3.77. The number of aryl methyl sites for hydroxylation is 1. The molecule has 2 aromatic carbocycles. The second-order valence-corrected chi connectivity index (χ2v) is 7.48. The summed E-state index contributed by atoms with van der Waals surface area (Å²) in [7, 11) is 0. The Labute approximate surface area is 170 Å². The molecule has 5 nitrogen and oxygen atoms in total. The first-order valence-corrected chi connectivity index (χ1v) is 10.0. The highest BCUT2D eigenvalue weighted by Gasteiger charge is 2.19. The highest BCUT2D eigenvalue weighted by Crippen LogP contribution is 2.22. The van der Waals surface area contributed by atoms with E-state index in [0.717, 1.165) is 54.6 Å². The summed E-state index contributed by atoms with van der Waals surface area (Å²) in [5.74, 6) is 1.98. The molecule has 1 saturated heterocycles. The fourth-order valence-corrected chi connectivity index (χ4v) is 3.77. The standard InChI is InChI=1S/C24H23N5/c1-18-6-8-20(9-7-18)22-11-13-24(27-26-22)29-16-14-28(15-17-29)23-12-10-19-4-2-3-5-21(19)25-23/h2-13H,14-17H2,1H3. The summed E-state index contributed by atoms with van der Waals surface area (Å²) >= 11 is 0. The lowest BCUT2D eigenvalue weighted by molar-refractivity contribution is 0.639. The van der Waals surface area contributed by atoms with Crippen molar-refractivity contribution in [2.45, 2.75) is 6.92 Å². The van der Waals surface area contributed by atoms with E-state index in [1.165, 1.54) is 10.9 Å². The second kappa shape index (κ2) is 7.51. The van der Waals surface area contributed by atoms with Crippen molar-refractivity contribution in [2.75, 3.05) is 36.0 Å². The van der Waals surface area contributed by atoms with Crippen molar-refractivity contribution >= 4 is 22.5 Å². The Morgan fingerprint density at radius 2 is 1.34 bits per heavy atom. The van der Waals surface area contributed by atoms with Gasteiger partial charge in [-0.05, 0) is 37.3 Å². The molecule has 144 valence electrons. The first-order valence-electron chi connectivity index (χ1n) is 10.0. The van der Waals surface area contributed by atoms with E-state index in [4.69, 9.17) is 4.98 Å². The summed E-state index contributed by atoms with van der Waals surface area (Å²) in [5.41, 5.74) is 4.30. The molecule has 0 amide bonds. The molecule has 0 bridgehead atoms. The van der Waals surface area contributed by atoms with Crippen molar-refractivity contribution in [3.8, 4) is 11.3 Å². The predicted octanol–water partition coefficient (Wildman–Crippen LogP) is 4.33. The molecule has 0 saturated carbocycles. The minimum Gasteiger partial charge on any atom is -0.353 e. The second-order valence-electron chi connectivity index (χ2n) is 7.48. The van der Waals surface area contributed by atoms with Crippen molar-refractivity contribution in [2.24, 2.45) is 0 Å². The molecule has 5 heteroatoms. The molecule has 5 rings (SSSR count). The first kappa shape index (κ1) is 17.6. The zero-order valence-electron chi connectivity index (χ0n) is 16.5. The maximum atomic E-state index is 4.83. The number of piperazine rings is 1. The molecule has 0 spiro atoms. The summed E-state index contributed by atoms with van der Waals surface area (Å²) in [6.45, 7) is 5.76. The Morgan fingerprint density at radius 1 is 0.655 bits per heavy atom. The van der Waals surface area contributed by atoms with Crippen molar-refractivity contribution in [3.05, 3.63) is 78.4 Å². The van der Waals surface area contributed by atoms with E-state index in [1.807, 2.05) is 12.1 Å². The Kier molecular flexibility index (Phi) is 4.56. The van der Waals surface area contributed by atoms with Crippen LogP contribution in [0.25, 0.3) is 22.2 Å². The van der Waals surface area contributed by atoms with Crippen LogP contribution in [0.4, 0.5) is 11.6 Å². The summed E-state index contributed by atoms with van der Waals surface area (Å²) in [6.07, 6.45) is 0. The average Bonchev–Trinajstić information content (AvgIpc) is 2.79. The number of pyridine rings is 1. The lowest BCUT2D eigenvalue weighted by Gasteiger charge is -2.35. The maximum absolute atomic E-state index is 4.83. The predicted molar refractivity (Wildman–Crippen MR) is 118 cm³/mol. The number of nitrogens with zero attached hydrogens (tertiary/aromatic N) is 5. The van der Waals surface area contributed by atoms with E-state index in [9.17, 15) is 0 Å². The molecule has 0 atom stereocenters. The van der Waals surface area contributed by atoms with Gasteiger partial charge in [0.05, 0.1) is 11.2 Å². The molecule has 1 aliphatic rings. The van der Waals surface area contributed by atoms with Crippen molar-refractivity contribution in [1.82, 2.24) is 15.2 Å². The van der Waals surface area contributed by atoms with Gasteiger partial charge in [0, 0.05) is 37.1 Å². The number of rotatable bonds is 3. The van der Waals surface area contributed by atoms with Crippen LogP contribution in [-0.4, -0.2) is 41.4 Å². The number of benzene rings is 2. The smallest absolute Gasteiger partial charge is 0.151 e. The molecule has 4 aromatic rings. The summed E-state index contributed by atoms with van der Waals surface area (Å²) in [5, 5.41) is 10.1. The molecule has 0 unspecified atom stereocenters. The van der Waals surface area contributed by atoms with Gasteiger partial charge in [-0.15, -0.1) is 10.2 Å². The Bertz CT molecular complexity index is 1110. The van der Waals surface area contributed by atoms with E-state index in [2.05, 4.69) is 87.6 Å². The Hall–Kier alpha value is -3.47. The fraction of sp³-hybridized carbons (Fsp3) is 0.208. The molecule has 0 aliphatic carbocycles. The average molecular weight is 381 g/mol.